The second-order valence-corrected chi connectivity index (χ2v) is 7.90. The van der Waals surface area contributed by atoms with Crippen LogP contribution in [0.15, 0.2) is 70.5 Å². The summed E-state index contributed by atoms with van der Waals surface area (Å²) in [4.78, 5) is 34.0. The van der Waals surface area contributed by atoms with Crippen molar-refractivity contribution in [1.29, 1.82) is 0 Å². The van der Waals surface area contributed by atoms with Gasteiger partial charge in [-0.25, -0.2) is 23.5 Å². The first-order chi connectivity index (χ1) is 17.6. The van der Waals surface area contributed by atoms with Crippen molar-refractivity contribution in [3.63, 3.8) is 0 Å². The van der Waals surface area contributed by atoms with Gasteiger partial charge in [-0.05, 0) is 35.4 Å². The van der Waals surface area contributed by atoms with Crippen molar-refractivity contribution in [2.75, 3.05) is 17.6 Å². The van der Waals surface area contributed by atoms with Crippen molar-refractivity contribution in [3.8, 4) is 5.75 Å². The summed E-state index contributed by atoms with van der Waals surface area (Å²) in [6, 6.07) is 10.2. The Morgan fingerprint density at radius 2 is 1.57 bits per heavy atom. The number of nitrogens with zero attached hydrogens (tertiary/aromatic N) is 5. The first-order valence-electron chi connectivity index (χ1n) is 10.9. The van der Waals surface area contributed by atoms with E-state index in [-0.39, 0.29) is 31.5 Å². The van der Waals surface area contributed by atoms with Crippen molar-refractivity contribution in [2.45, 2.75) is 26.0 Å². The summed E-state index contributed by atoms with van der Waals surface area (Å²) in [5, 5.41) is 2.93. The summed E-state index contributed by atoms with van der Waals surface area (Å²) in [7, 11) is 0. The zero-order valence-electron chi connectivity index (χ0n) is 19.2. The van der Waals surface area contributed by atoms with Gasteiger partial charge in [-0.15, -0.1) is 13.2 Å². The number of aromatic nitrogens is 5. The molecule has 0 saturated heterocycles. The number of anilines is 2. The number of imidazole rings is 1. The number of rotatable bonds is 9. The molecule has 0 aliphatic rings. The van der Waals surface area contributed by atoms with Crippen LogP contribution in [0.5, 0.6) is 5.75 Å². The molecule has 0 spiro atoms. The molecule has 0 fully saturated rings. The van der Waals surface area contributed by atoms with Crippen molar-refractivity contribution in [3.05, 3.63) is 98.8 Å². The summed E-state index contributed by atoms with van der Waals surface area (Å²) < 4.78 is 58.3. The molecule has 0 saturated carbocycles. The van der Waals surface area contributed by atoms with E-state index in [0.717, 1.165) is 16.7 Å². The molecule has 2 aromatic heterocycles. The average Bonchev–Trinajstić information content (AvgIpc) is 3.25. The molecule has 4 aromatic rings. The van der Waals surface area contributed by atoms with Gasteiger partial charge in [0, 0.05) is 25.5 Å². The molecule has 4 rings (SSSR count). The highest BCUT2D eigenvalue weighted by molar-refractivity contribution is 5.31. The normalized spacial score (nSPS) is 11.5. The fraction of sp³-hybridized carbons (Fsp3) is 0.217. The Labute approximate surface area is 206 Å². The van der Waals surface area contributed by atoms with Gasteiger partial charge in [-0.2, -0.15) is 4.98 Å². The third-order valence-corrected chi connectivity index (χ3v) is 5.28. The Balaban J connectivity index is 1.64. The number of benzene rings is 2. The van der Waals surface area contributed by atoms with Crippen LogP contribution >= 0.6 is 0 Å². The minimum absolute atomic E-state index is 0.0420. The van der Waals surface area contributed by atoms with Gasteiger partial charge < -0.3 is 20.4 Å². The molecule has 194 valence electrons. The summed E-state index contributed by atoms with van der Waals surface area (Å²) in [5.74, 6) is -0.648. The molecule has 0 aliphatic heterocycles. The maximum Gasteiger partial charge on any atom is 0.573 e. The van der Waals surface area contributed by atoms with Crippen LogP contribution in [0, 0.1) is 5.82 Å². The smallest absolute Gasteiger partial charge is 0.406 e. The lowest BCUT2D eigenvalue weighted by atomic mass is 10.2. The highest BCUT2D eigenvalue weighted by atomic mass is 19.4. The minimum Gasteiger partial charge on any atom is -0.406 e. The third-order valence-electron chi connectivity index (χ3n) is 5.28. The van der Waals surface area contributed by atoms with E-state index in [2.05, 4.69) is 20.0 Å². The highest BCUT2D eigenvalue weighted by Gasteiger charge is 2.31. The van der Waals surface area contributed by atoms with E-state index < -0.39 is 29.3 Å². The second-order valence-electron chi connectivity index (χ2n) is 7.90. The molecule has 0 bridgehead atoms. The first-order valence-corrected chi connectivity index (χ1v) is 10.9. The number of nitrogen functional groups attached to an aromatic ring is 1. The van der Waals surface area contributed by atoms with E-state index in [4.69, 9.17) is 5.73 Å². The second kappa shape index (κ2) is 10.6. The Morgan fingerprint density at radius 1 is 0.946 bits per heavy atom. The van der Waals surface area contributed by atoms with Crippen molar-refractivity contribution in [2.24, 2.45) is 0 Å². The zero-order valence-corrected chi connectivity index (χ0v) is 19.2. The molecule has 37 heavy (non-hydrogen) atoms. The predicted octanol–water partition coefficient (Wildman–Crippen LogP) is 2.43. The lowest BCUT2D eigenvalue weighted by molar-refractivity contribution is -0.274. The minimum atomic E-state index is -4.84. The summed E-state index contributed by atoms with van der Waals surface area (Å²) >= 11 is 0. The Hall–Kier alpha value is -4.62. The van der Waals surface area contributed by atoms with Gasteiger partial charge in [0.25, 0.3) is 0 Å². The van der Waals surface area contributed by atoms with Crippen LogP contribution in [0.25, 0.3) is 0 Å². The fourth-order valence-electron chi connectivity index (χ4n) is 3.51. The van der Waals surface area contributed by atoms with Crippen LogP contribution in [-0.2, 0) is 19.6 Å². The van der Waals surface area contributed by atoms with E-state index in [1.165, 1.54) is 47.2 Å². The maximum atomic E-state index is 13.3. The van der Waals surface area contributed by atoms with Crippen LogP contribution in [-0.4, -0.2) is 36.6 Å². The molecule has 2 aromatic carbocycles. The highest BCUT2D eigenvalue weighted by Crippen LogP contribution is 2.23. The van der Waals surface area contributed by atoms with Gasteiger partial charge in [0.1, 0.15) is 11.6 Å². The van der Waals surface area contributed by atoms with E-state index in [9.17, 15) is 27.2 Å². The van der Waals surface area contributed by atoms with Gasteiger partial charge >= 0.3 is 17.7 Å². The van der Waals surface area contributed by atoms with Crippen LogP contribution in [0.2, 0.25) is 0 Å². The lowest BCUT2D eigenvalue weighted by Crippen LogP contribution is -2.43. The molecule has 2 heterocycles. The number of alkyl halides is 3. The fourth-order valence-corrected chi connectivity index (χ4v) is 3.51. The first kappa shape index (κ1) is 25.5. The molecular weight excluding hydrogens is 498 g/mol. The van der Waals surface area contributed by atoms with Crippen molar-refractivity contribution in [1.82, 2.24) is 23.7 Å². The SMILES string of the molecule is Nc1nccn1CCNc1nc(=O)n(Cc2ccc(F)cc2)c(=O)n1Cc1ccc(OC(F)(F)F)cc1. The van der Waals surface area contributed by atoms with Crippen molar-refractivity contribution >= 4 is 11.9 Å². The summed E-state index contributed by atoms with van der Waals surface area (Å²) in [5.41, 5.74) is 5.15. The number of nitrogens with one attached hydrogen (secondary N) is 1. The Kier molecular flexibility index (Phi) is 7.27. The summed E-state index contributed by atoms with van der Waals surface area (Å²) in [6.45, 7) is 0.309. The number of halogens is 4. The zero-order chi connectivity index (χ0) is 26.6. The number of ether oxygens (including phenoxy) is 1. The molecular formula is C23H21F4N7O3. The van der Waals surface area contributed by atoms with Crippen LogP contribution < -0.4 is 27.2 Å². The van der Waals surface area contributed by atoms with E-state index in [0.29, 0.717) is 17.7 Å². The summed E-state index contributed by atoms with van der Waals surface area (Å²) in [6.07, 6.45) is -1.66. The van der Waals surface area contributed by atoms with E-state index >= 15 is 0 Å². The standard InChI is InChI=1S/C23H21F4N7O3/c24-17-5-1-15(2-6-17)14-34-21(35)31-20(30-10-12-32-11-9-29-19(32)28)33(22(34)36)13-16-3-7-18(8-4-16)37-23(25,26)27/h1-9,11H,10,12-14H2,(H2,28,29)(H,30,31,35). The van der Waals surface area contributed by atoms with E-state index in [1.54, 1.807) is 10.8 Å². The molecule has 10 nitrogen and oxygen atoms in total. The van der Waals surface area contributed by atoms with Gasteiger partial charge in [-0.1, -0.05) is 24.3 Å². The third kappa shape index (κ3) is 6.54. The van der Waals surface area contributed by atoms with Gasteiger partial charge in [0.15, 0.2) is 5.95 Å². The van der Waals surface area contributed by atoms with Gasteiger partial charge in [0.05, 0.1) is 13.1 Å². The molecule has 0 atom stereocenters. The number of hydrogen-bond acceptors (Lipinski definition) is 7. The topological polar surface area (TPSA) is 122 Å². The Bertz CT molecular complexity index is 1480. The Morgan fingerprint density at radius 3 is 2.16 bits per heavy atom. The van der Waals surface area contributed by atoms with Crippen molar-refractivity contribution < 1.29 is 22.3 Å². The number of hydrogen-bond donors (Lipinski definition) is 2. The predicted molar refractivity (Wildman–Crippen MR) is 126 cm³/mol. The molecule has 14 heteroatoms. The maximum absolute atomic E-state index is 13.3. The quantitative estimate of drug-likeness (QED) is 0.326. The number of nitrogens with two attached hydrogens (primary N) is 1. The lowest BCUT2D eigenvalue weighted by Gasteiger charge is -2.16. The average molecular weight is 519 g/mol. The monoisotopic (exact) mass is 519 g/mol. The van der Waals surface area contributed by atoms with E-state index in [1.807, 2.05) is 0 Å². The van der Waals surface area contributed by atoms with Crippen LogP contribution in [0.1, 0.15) is 11.1 Å². The molecule has 0 unspecified atom stereocenters. The molecule has 0 amide bonds. The largest absolute Gasteiger partial charge is 0.573 e. The van der Waals surface area contributed by atoms with Crippen LogP contribution in [0.4, 0.5) is 29.5 Å². The molecule has 0 aliphatic carbocycles. The molecule has 0 radical (unpaired) electrons. The van der Waals surface area contributed by atoms with Gasteiger partial charge in [0.2, 0.25) is 5.95 Å². The molecule has 3 N–H and O–H groups in total. The van der Waals surface area contributed by atoms with Gasteiger partial charge in [-0.3, -0.25) is 4.57 Å². The van der Waals surface area contributed by atoms with Crippen LogP contribution in [0.3, 0.4) is 0 Å².